The van der Waals surface area contributed by atoms with Gasteiger partial charge in [-0.2, -0.15) is 5.10 Å². The van der Waals surface area contributed by atoms with Crippen LogP contribution in [0.2, 0.25) is 5.02 Å². The SMILES string of the molecule is CC(C)c1nnc2ccc(OC3CCC(NC(=O)Nc4cc(C(C)(C)C)nn4-c4ccc(Cl)c(O)c4)c4ccccc43)cn12. The third kappa shape index (κ3) is 5.81. The van der Waals surface area contributed by atoms with Gasteiger partial charge in [-0.05, 0) is 48.2 Å². The molecule has 11 heteroatoms. The molecule has 5 aromatic rings. The molecule has 3 aromatic heterocycles. The third-order valence-electron chi connectivity index (χ3n) is 7.83. The van der Waals surface area contributed by atoms with Gasteiger partial charge in [0.1, 0.15) is 29.2 Å². The number of hydrogen-bond donors (Lipinski definition) is 3. The number of phenolic OH excluding ortho intramolecular Hbond substituents is 1. The number of halogens is 1. The maximum Gasteiger partial charge on any atom is 0.320 e. The normalized spacial score (nSPS) is 16.6. The molecule has 44 heavy (non-hydrogen) atoms. The summed E-state index contributed by atoms with van der Waals surface area (Å²) in [6, 6.07) is 18.0. The zero-order chi connectivity index (χ0) is 31.2. The Hall–Kier alpha value is -4.57. The number of nitrogens with zero attached hydrogens (tertiary/aromatic N) is 5. The van der Waals surface area contributed by atoms with Gasteiger partial charge < -0.3 is 15.2 Å². The minimum Gasteiger partial charge on any atom is -0.506 e. The van der Waals surface area contributed by atoms with E-state index in [0.29, 0.717) is 17.9 Å². The number of carbonyl (C=O) groups is 1. The van der Waals surface area contributed by atoms with Crippen LogP contribution in [0.15, 0.2) is 66.9 Å². The summed E-state index contributed by atoms with van der Waals surface area (Å²) in [5.74, 6) is 2.26. The lowest BCUT2D eigenvalue weighted by atomic mass is 9.85. The molecule has 0 saturated carbocycles. The van der Waals surface area contributed by atoms with Gasteiger partial charge in [0, 0.05) is 23.5 Å². The van der Waals surface area contributed by atoms with E-state index in [4.69, 9.17) is 21.4 Å². The maximum absolute atomic E-state index is 13.4. The van der Waals surface area contributed by atoms with Gasteiger partial charge in [-0.15, -0.1) is 10.2 Å². The molecule has 2 amide bonds. The first-order chi connectivity index (χ1) is 21.0. The summed E-state index contributed by atoms with van der Waals surface area (Å²) < 4.78 is 10.1. The van der Waals surface area contributed by atoms with Crippen molar-refractivity contribution >= 4 is 29.1 Å². The highest BCUT2D eigenvalue weighted by Gasteiger charge is 2.30. The van der Waals surface area contributed by atoms with Gasteiger partial charge >= 0.3 is 6.03 Å². The number of fused-ring (bicyclic) bond motifs is 2. The second kappa shape index (κ2) is 11.5. The summed E-state index contributed by atoms with van der Waals surface area (Å²) in [5, 5.41) is 29.9. The zero-order valence-corrected chi connectivity index (χ0v) is 26.1. The number of benzene rings is 2. The van der Waals surface area contributed by atoms with Crippen molar-refractivity contribution in [2.45, 2.75) is 70.9 Å². The van der Waals surface area contributed by atoms with Crippen LogP contribution < -0.4 is 15.4 Å². The van der Waals surface area contributed by atoms with Gasteiger partial charge in [-0.1, -0.05) is 70.5 Å². The average Bonchev–Trinajstić information content (AvgIpc) is 3.60. The van der Waals surface area contributed by atoms with E-state index in [0.717, 1.165) is 40.5 Å². The van der Waals surface area contributed by atoms with Crippen LogP contribution in [-0.2, 0) is 5.41 Å². The first-order valence-electron chi connectivity index (χ1n) is 14.7. The van der Waals surface area contributed by atoms with Crippen molar-refractivity contribution < 1.29 is 14.6 Å². The van der Waals surface area contributed by atoms with Crippen LogP contribution in [0.3, 0.4) is 0 Å². The number of nitrogens with one attached hydrogen (secondary N) is 2. The molecule has 0 fully saturated rings. The van der Waals surface area contributed by atoms with Crippen molar-refractivity contribution in [3.63, 3.8) is 0 Å². The minimum absolute atomic E-state index is 0.0649. The van der Waals surface area contributed by atoms with Crippen molar-refractivity contribution in [3.05, 3.63) is 94.5 Å². The van der Waals surface area contributed by atoms with Gasteiger partial charge in [0.05, 0.1) is 28.6 Å². The zero-order valence-electron chi connectivity index (χ0n) is 25.4. The van der Waals surface area contributed by atoms with E-state index in [1.807, 2.05) is 67.8 Å². The van der Waals surface area contributed by atoms with Gasteiger partial charge in [-0.3, -0.25) is 9.72 Å². The van der Waals surface area contributed by atoms with Gasteiger partial charge in [0.2, 0.25) is 0 Å². The number of pyridine rings is 1. The van der Waals surface area contributed by atoms with E-state index in [-0.39, 0.29) is 40.3 Å². The fourth-order valence-electron chi connectivity index (χ4n) is 5.52. The van der Waals surface area contributed by atoms with E-state index < -0.39 is 0 Å². The monoisotopic (exact) mass is 613 g/mol. The number of ether oxygens (including phenoxy) is 1. The van der Waals surface area contributed by atoms with Gasteiger partial charge in [0.15, 0.2) is 5.65 Å². The number of hydrogen-bond acceptors (Lipinski definition) is 6. The molecule has 0 radical (unpaired) electrons. The average molecular weight is 614 g/mol. The summed E-state index contributed by atoms with van der Waals surface area (Å²) in [6.45, 7) is 10.3. The first kappa shape index (κ1) is 29.5. The smallest absolute Gasteiger partial charge is 0.320 e. The summed E-state index contributed by atoms with van der Waals surface area (Å²) >= 11 is 6.04. The summed E-state index contributed by atoms with van der Waals surface area (Å²) in [7, 11) is 0. The molecular weight excluding hydrogens is 578 g/mol. The Bertz CT molecular complexity index is 1840. The molecule has 0 aliphatic heterocycles. The van der Waals surface area contributed by atoms with Gasteiger partial charge in [0.25, 0.3) is 0 Å². The second-order valence-electron chi connectivity index (χ2n) is 12.5. The molecule has 2 atom stereocenters. The molecule has 2 unspecified atom stereocenters. The topological polar surface area (TPSA) is 119 Å². The second-order valence-corrected chi connectivity index (χ2v) is 12.9. The Morgan fingerprint density at radius 1 is 1.05 bits per heavy atom. The number of phenols is 1. The Morgan fingerprint density at radius 2 is 1.82 bits per heavy atom. The first-order valence-corrected chi connectivity index (χ1v) is 15.1. The van der Waals surface area contributed by atoms with Crippen molar-refractivity contribution in [2.24, 2.45) is 0 Å². The van der Waals surface area contributed by atoms with Gasteiger partial charge in [-0.25, -0.2) is 9.48 Å². The molecule has 10 nitrogen and oxygen atoms in total. The van der Waals surface area contributed by atoms with Crippen LogP contribution in [0.1, 0.15) is 88.2 Å². The maximum atomic E-state index is 13.4. The van der Waals surface area contributed by atoms with Crippen LogP contribution in [0.25, 0.3) is 11.3 Å². The number of aromatic nitrogens is 5. The molecule has 0 saturated heterocycles. The predicted octanol–water partition coefficient (Wildman–Crippen LogP) is 7.47. The molecule has 1 aliphatic carbocycles. The Morgan fingerprint density at radius 3 is 2.55 bits per heavy atom. The van der Waals surface area contributed by atoms with Crippen LogP contribution in [-0.4, -0.2) is 35.5 Å². The van der Waals surface area contributed by atoms with Crippen LogP contribution >= 0.6 is 11.6 Å². The van der Waals surface area contributed by atoms with E-state index >= 15 is 0 Å². The fourth-order valence-corrected chi connectivity index (χ4v) is 5.63. The highest BCUT2D eigenvalue weighted by Crippen LogP contribution is 2.39. The van der Waals surface area contributed by atoms with E-state index in [1.165, 1.54) is 6.07 Å². The largest absolute Gasteiger partial charge is 0.506 e. The lowest BCUT2D eigenvalue weighted by Gasteiger charge is -2.32. The highest BCUT2D eigenvalue weighted by molar-refractivity contribution is 6.32. The molecule has 228 valence electrons. The number of rotatable bonds is 6. The molecule has 2 aromatic carbocycles. The van der Waals surface area contributed by atoms with Crippen LogP contribution in [0.4, 0.5) is 10.6 Å². The molecule has 1 aliphatic rings. The molecule has 3 N–H and O–H groups in total. The fraction of sp³-hybridized carbons (Fsp3) is 0.333. The van der Waals surface area contributed by atoms with E-state index in [2.05, 4.69) is 40.7 Å². The standard InChI is InChI=1S/C33H36ClN7O3/c1-19(2)31-38-37-29-15-11-21(18-40(29)31)44-27-14-13-25(22-8-6-7-9-23(22)27)35-32(43)36-30-17-28(33(3,4)5)39-41(30)20-10-12-24(34)26(42)16-20/h6-12,15-19,25,27,42H,13-14H2,1-5H3,(H2,35,36,43). The minimum atomic E-state index is -0.358. The lowest BCUT2D eigenvalue weighted by Crippen LogP contribution is -2.36. The number of urea groups is 1. The van der Waals surface area contributed by atoms with Crippen molar-refractivity contribution in [1.82, 2.24) is 29.7 Å². The molecule has 0 spiro atoms. The highest BCUT2D eigenvalue weighted by atomic mass is 35.5. The number of amides is 2. The molecule has 0 bridgehead atoms. The predicted molar refractivity (Wildman–Crippen MR) is 170 cm³/mol. The number of carbonyl (C=O) groups excluding carboxylic acids is 1. The Labute approximate surface area is 261 Å². The number of anilines is 1. The Balaban J connectivity index is 1.22. The van der Waals surface area contributed by atoms with Crippen molar-refractivity contribution in [3.8, 4) is 17.2 Å². The third-order valence-corrected chi connectivity index (χ3v) is 8.15. The molecule has 3 heterocycles. The van der Waals surface area contributed by atoms with Crippen LogP contribution in [0.5, 0.6) is 11.5 Å². The Kier molecular flexibility index (Phi) is 7.71. The van der Waals surface area contributed by atoms with Crippen molar-refractivity contribution in [2.75, 3.05) is 5.32 Å². The molecular formula is C33H36ClN7O3. The molecule has 6 rings (SSSR count). The summed E-state index contributed by atoms with van der Waals surface area (Å²) in [4.78, 5) is 13.4. The quantitative estimate of drug-likeness (QED) is 0.183. The summed E-state index contributed by atoms with van der Waals surface area (Å²) in [5.41, 5.74) is 3.93. The van der Waals surface area contributed by atoms with Crippen LogP contribution in [0, 0.1) is 0 Å². The summed E-state index contributed by atoms with van der Waals surface area (Å²) in [6.07, 6.45) is 3.19. The van der Waals surface area contributed by atoms with E-state index in [9.17, 15) is 9.90 Å². The van der Waals surface area contributed by atoms with E-state index in [1.54, 1.807) is 16.8 Å². The number of aromatic hydroxyl groups is 1. The van der Waals surface area contributed by atoms with Crippen molar-refractivity contribution in [1.29, 1.82) is 0 Å². The lowest BCUT2D eigenvalue weighted by molar-refractivity contribution is 0.171.